The standard InChI is InChI=1S/C20H15ClN2O2S2/c1-12-15(20(24)25)9-18(23(12)10-13-5-4-8-26-13)17-11-27-19(22-17)14-6-2-3-7-16(14)21/h2-9,11H,10H2,1H3,(H,24,25). The van der Waals surface area contributed by atoms with Crippen LogP contribution in [0.25, 0.3) is 22.0 Å². The van der Waals surface area contributed by atoms with Crippen LogP contribution in [0.2, 0.25) is 5.02 Å². The second-order valence-electron chi connectivity index (χ2n) is 6.02. The molecule has 0 unspecified atom stereocenters. The predicted molar refractivity (Wildman–Crippen MR) is 111 cm³/mol. The molecule has 4 rings (SSSR count). The Morgan fingerprint density at radius 2 is 2.04 bits per heavy atom. The number of thiazole rings is 1. The molecule has 4 nitrogen and oxygen atoms in total. The number of halogens is 1. The van der Waals surface area contributed by atoms with E-state index in [1.165, 1.54) is 11.3 Å². The van der Waals surface area contributed by atoms with E-state index in [9.17, 15) is 9.90 Å². The van der Waals surface area contributed by atoms with Gasteiger partial charge in [-0.2, -0.15) is 0 Å². The van der Waals surface area contributed by atoms with E-state index in [1.54, 1.807) is 17.4 Å². The molecule has 0 amide bonds. The maximum Gasteiger partial charge on any atom is 0.337 e. The van der Waals surface area contributed by atoms with Gasteiger partial charge in [0.1, 0.15) is 5.01 Å². The summed E-state index contributed by atoms with van der Waals surface area (Å²) >= 11 is 9.44. The molecule has 0 aliphatic carbocycles. The molecular weight excluding hydrogens is 400 g/mol. The summed E-state index contributed by atoms with van der Waals surface area (Å²) in [7, 11) is 0. The Bertz CT molecular complexity index is 1110. The van der Waals surface area contributed by atoms with Gasteiger partial charge in [-0.1, -0.05) is 35.9 Å². The van der Waals surface area contributed by atoms with Gasteiger partial charge in [-0.25, -0.2) is 9.78 Å². The molecule has 3 aromatic heterocycles. The van der Waals surface area contributed by atoms with Gasteiger partial charge in [0.15, 0.2) is 0 Å². The van der Waals surface area contributed by atoms with E-state index in [4.69, 9.17) is 16.6 Å². The highest BCUT2D eigenvalue weighted by Gasteiger charge is 2.20. The maximum absolute atomic E-state index is 11.6. The fourth-order valence-electron chi connectivity index (χ4n) is 2.99. The van der Waals surface area contributed by atoms with Crippen molar-refractivity contribution in [3.05, 3.63) is 74.4 Å². The number of hydrogen-bond acceptors (Lipinski definition) is 4. The molecule has 1 N–H and O–H groups in total. The van der Waals surface area contributed by atoms with Gasteiger partial charge in [-0.3, -0.25) is 0 Å². The van der Waals surface area contributed by atoms with Crippen LogP contribution in [-0.2, 0) is 6.54 Å². The van der Waals surface area contributed by atoms with E-state index in [2.05, 4.69) is 0 Å². The molecule has 3 heterocycles. The lowest BCUT2D eigenvalue weighted by atomic mass is 10.2. The van der Waals surface area contributed by atoms with Gasteiger partial charge in [-0.05, 0) is 30.5 Å². The van der Waals surface area contributed by atoms with Crippen molar-refractivity contribution in [2.45, 2.75) is 13.5 Å². The van der Waals surface area contributed by atoms with E-state index >= 15 is 0 Å². The lowest BCUT2D eigenvalue weighted by Gasteiger charge is -2.09. The van der Waals surface area contributed by atoms with E-state index in [1.807, 2.05) is 58.6 Å². The molecule has 0 aliphatic rings. The number of aromatic nitrogens is 2. The van der Waals surface area contributed by atoms with Crippen molar-refractivity contribution in [1.82, 2.24) is 9.55 Å². The lowest BCUT2D eigenvalue weighted by Crippen LogP contribution is -2.05. The number of hydrogen-bond donors (Lipinski definition) is 1. The average Bonchev–Trinajstić information content (AvgIpc) is 3.37. The number of benzene rings is 1. The summed E-state index contributed by atoms with van der Waals surface area (Å²) in [5, 5.41) is 15.0. The number of aromatic carboxylic acids is 1. The van der Waals surface area contributed by atoms with Crippen LogP contribution in [0, 0.1) is 6.92 Å². The highest BCUT2D eigenvalue weighted by Crippen LogP contribution is 2.34. The fraction of sp³-hybridized carbons (Fsp3) is 0.100. The largest absolute Gasteiger partial charge is 0.478 e. The van der Waals surface area contributed by atoms with Gasteiger partial charge < -0.3 is 9.67 Å². The molecule has 4 aromatic rings. The molecule has 0 aliphatic heterocycles. The predicted octanol–water partition coefficient (Wildman–Crippen LogP) is 6.05. The Kier molecular flexibility index (Phi) is 4.86. The first kappa shape index (κ1) is 18.0. The summed E-state index contributed by atoms with van der Waals surface area (Å²) in [5.74, 6) is -0.930. The zero-order valence-corrected chi connectivity index (χ0v) is 16.7. The average molecular weight is 415 g/mol. The third kappa shape index (κ3) is 3.43. The topological polar surface area (TPSA) is 55.1 Å². The van der Waals surface area contributed by atoms with E-state index in [-0.39, 0.29) is 0 Å². The quantitative estimate of drug-likeness (QED) is 0.432. The van der Waals surface area contributed by atoms with E-state index in [0.29, 0.717) is 17.1 Å². The monoisotopic (exact) mass is 414 g/mol. The van der Waals surface area contributed by atoms with Crippen LogP contribution in [0.15, 0.2) is 53.2 Å². The van der Waals surface area contributed by atoms with Crippen LogP contribution in [-0.4, -0.2) is 20.6 Å². The zero-order chi connectivity index (χ0) is 19.0. The van der Waals surface area contributed by atoms with E-state index < -0.39 is 5.97 Å². The molecule has 0 spiro atoms. The van der Waals surface area contributed by atoms with E-state index in [0.717, 1.165) is 32.5 Å². The SMILES string of the molecule is Cc1c(C(=O)O)cc(-c2csc(-c3ccccc3Cl)n2)n1Cc1cccs1. The smallest absolute Gasteiger partial charge is 0.337 e. The molecule has 0 fully saturated rings. The van der Waals surface area contributed by atoms with Crippen molar-refractivity contribution in [2.24, 2.45) is 0 Å². The van der Waals surface area contributed by atoms with Crippen LogP contribution in [0.5, 0.6) is 0 Å². The summed E-state index contributed by atoms with van der Waals surface area (Å²) in [6.45, 7) is 2.45. The fourth-order valence-corrected chi connectivity index (χ4v) is 4.81. The molecule has 0 radical (unpaired) electrons. The highest BCUT2D eigenvalue weighted by molar-refractivity contribution is 7.13. The number of thiophene rings is 1. The summed E-state index contributed by atoms with van der Waals surface area (Å²) in [6.07, 6.45) is 0. The Morgan fingerprint density at radius 3 is 2.74 bits per heavy atom. The molecular formula is C20H15ClN2O2S2. The second-order valence-corrected chi connectivity index (χ2v) is 8.31. The molecule has 27 heavy (non-hydrogen) atoms. The number of carbonyl (C=O) groups is 1. The number of rotatable bonds is 5. The third-order valence-electron chi connectivity index (χ3n) is 4.36. The molecule has 0 atom stereocenters. The van der Waals surface area contributed by atoms with Gasteiger partial charge in [0.25, 0.3) is 0 Å². The van der Waals surface area contributed by atoms with Crippen molar-refractivity contribution in [2.75, 3.05) is 0 Å². The van der Waals surface area contributed by atoms with Crippen molar-refractivity contribution in [1.29, 1.82) is 0 Å². The minimum Gasteiger partial charge on any atom is -0.478 e. The Morgan fingerprint density at radius 1 is 1.22 bits per heavy atom. The van der Waals surface area contributed by atoms with Gasteiger partial charge >= 0.3 is 5.97 Å². The minimum absolute atomic E-state index is 0.300. The summed E-state index contributed by atoms with van der Waals surface area (Å²) in [6, 6.07) is 13.3. The van der Waals surface area contributed by atoms with Crippen molar-refractivity contribution in [3.8, 4) is 22.0 Å². The molecule has 0 saturated heterocycles. The van der Waals surface area contributed by atoms with Crippen LogP contribution < -0.4 is 0 Å². The summed E-state index contributed by atoms with van der Waals surface area (Å²) in [4.78, 5) is 17.5. The first-order valence-electron chi connectivity index (χ1n) is 8.21. The summed E-state index contributed by atoms with van der Waals surface area (Å²) < 4.78 is 2.01. The molecule has 1 aromatic carbocycles. The minimum atomic E-state index is -0.930. The Labute approximate surface area is 169 Å². The highest BCUT2D eigenvalue weighted by atomic mass is 35.5. The second kappa shape index (κ2) is 7.31. The third-order valence-corrected chi connectivity index (χ3v) is 6.43. The van der Waals surface area contributed by atoms with Crippen LogP contribution in [0.4, 0.5) is 0 Å². The molecule has 0 bridgehead atoms. The maximum atomic E-state index is 11.6. The lowest BCUT2D eigenvalue weighted by molar-refractivity contribution is 0.0696. The van der Waals surface area contributed by atoms with Gasteiger partial charge in [-0.15, -0.1) is 22.7 Å². The molecule has 0 saturated carbocycles. The number of nitrogens with zero attached hydrogens (tertiary/aromatic N) is 2. The molecule has 7 heteroatoms. The zero-order valence-electron chi connectivity index (χ0n) is 14.3. The van der Waals surface area contributed by atoms with Crippen molar-refractivity contribution in [3.63, 3.8) is 0 Å². The first-order chi connectivity index (χ1) is 13.0. The Hall–Kier alpha value is -2.41. The normalized spacial score (nSPS) is 11.0. The van der Waals surface area contributed by atoms with Crippen molar-refractivity contribution < 1.29 is 9.90 Å². The summed E-state index contributed by atoms with van der Waals surface area (Å²) in [5.41, 5.74) is 3.45. The number of carboxylic acid groups (broad SMARTS) is 1. The van der Waals surface area contributed by atoms with Gasteiger partial charge in [0.2, 0.25) is 0 Å². The van der Waals surface area contributed by atoms with Crippen molar-refractivity contribution >= 4 is 40.2 Å². The van der Waals surface area contributed by atoms with Gasteiger partial charge in [0.05, 0.1) is 28.5 Å². The number of carboxylic acids is 1. The van der Waals surface area contributed by atoms with Crippen LogP contribution in [0.3, 0.4) is 0 Å². The first-order valence-corrected chi connectivity index (χ1v) is 10.3. The van der Waals surface area contributed by atoms with Crippen LogP contribution >= 0.6 is 34.3 Å². The molecule has 136 valence electrons. The van der Waals surface area contributed by atoms with Gasteiger partial charge in [0, 0.05) is 21.5 Å². The van der Waals surface area contributed by atoms with Crippen LogP contribution in [0.1, 0.15) is 20.9 Å². The Balaban J connectivity index is 1.80.